The van der Waals surface area contributed by atoms with Gasteiger partial charge in [0.05, 0.1) is 13.1 Å². The van der Waals surface area contributed by atoms with Crippen LogP contribution in [0.3, 0.4) is 0 Å². The molecule has 1 aliphatic carbocycles. The maximum Gasteiger partial charge on any atom is 0.244 e. The molecule has 1 aliphatic rings. The van der Waals surface area contributed by atoms with E-state index in [9.17, 15) is 9.59 Å². The number of aryl methyl sites for hydroxylation is 2. The predicted octanol–water partition coefficient (Wildman–Crippen LogP) is -1.41. The number of hydrogen-bond acceptors (Lipinski definition) is 2. The Kier molecular flexibility index (Phi) is 4.08. The molecule has 1 aromatic carbocycles. The maximum absolute atomic E-state index is 12.6. The van der Waals surface area contributed by atoms with Gasteiger partial charge in [-0.15, -0.1) is 0 Å². The smallest absolute Gasteiger partial charge is 0.244 e. The molecule has 0 fully saturated rings. The first-order chi connectivity index (χ1) is 9.19. The fourth-order valence-corrected chi connectivity index (χ4v) is 2.65. The van der Waals surface area contributed by atoms with Gasteiger partial charge in [-0.25, -0.2) is 9.13 Å². The minimum absolute atomic E-state index is 0. The summed E-state index contributed by atoms with van der Waals surface area (Å²) < 4.78 is 3.71. The van der Waals surface area contributed by atoms with Gasteiger partial charge >= 0.3 is 0 Å². The lowest BCUT2D eigenvalue weighted by atomic mass is 9.90. The highest BCUT2D eigenvalue weighted by Gasteiger charge is 2.40. The van der Waals surface area contributed by atoms with Gasteiger partial charge in [0, 0.05) is 11.1 Å². The van der Waals surface area contributed by atoms with Gasteiger partial charge < -0.3 is 24.0 Å². The molecule has 1 aromatic heterocycles. The number of rotatable bonds is 2. The van der Waals surface area contributed by atoms with Crippen molar-refractivity contribution >= 4 is 11.6 Å². The molecule has 1 heterocycles. The van der Waals surface area contributed by atoms with Crippen molar-refractivity contribution in [1.29, 1.82) is 0 Å². The first-order valence-corrected chi connectivity index (χ1v) is 6.50. The van der Waals surface area contributed by atoms with Crippen LogP contribution in [0.1, 0.15) is 46.0 Å². The van der Waals surface area contributed by atoms with E-state index in [4.69, 9.17) is 0 Å². The zero-order chi connectivity index (χ0) is 13.6. The Morgan fingerprint density at radius 1 is 1.05 bits per heavy atom. The van der Waals surface area contributed by atoms with E-state index in [-0.39, 0.29) is 35.5 Å². The topological polar surface area (TPSA) is 43.0 Å². The summed E-state index contributed by atoms with van der Waals surface area (Å²) in [5.74, 6) is -0.112. The van der Waals surface area contributed by atoms with E-state index in [0.29, 0.717) is 35.6 Å². The summed E-state index contributed by atoms with van der Waals surface area (Å²) in [5.41, 5.74) is 2.06. The molecule has 0 radical (unpaired) electrons. The summed E-state index contributed by atoms with van der Waals surface area (Å²) in [7, 11) is 0. The molecule has 0 saturated heterocycles. The van der Waals surface area contributed by atoms with Crippen molar-refractivity contribution in [2.75, 3.05) is 0 Å². The van der Waals surface area contributed by atoms with Crippen LogP contribution in [-0.4, -0.2) is 16.1 Å². The van der Waals surface area contributed by atoms with Crippen molar-refractivity contribution in [3.05, 3.63) is 53.1 Å². The minimum atomic E-state index is -0.0562. The van der Waals surface area contributed by atoms with Crippen molar-refractivity contribution in [2.45, 2.75) is 26.9 Å². The summed E-state index contributed by atoms with van der Waals surface area (Å²) in [6.45, 7) is 5.30. The van der Waals surface area contributed by atoms with Gasteiger partial charge in [0.15, 0.2) is 0 Å². The van der Waals surface area contributed by atoms with Crippen molar-refractivity contribution in [3.8, 4) is 0 Å². The van der Waals surface area contributed by atoms with Crippen LogP contribution in [0, 0.1) is 0 Å². The Hall–Kier alpha value is -1.50. The molecular weight excluding hydrogens is 367 g/mol. The van der Waals surface area contributed by atoms with Crippen LogP contribution in [0.15, 0.2) is 30.6 Å². The first-order valence-electron chi connectivity index (χ1n) is 6.50. The number of hydrogen-bond donors (Lipinski definition) is 0. The molecule has 0 unspecified atom stereocenters. The van der Waals surface area contributed by atoms with Gasteiger partial charge in [-0.3, -0.25) is 9.59 Å². The lowest BCUT2D eigenvalue weighted by Gasteiger charge is -2.12. The summed E-state index contributed by atoms with van der Waals surface area (Å²) in [4.78, 5) is 25.2. The fourth-order valence-electron chi connectivity index (χ4n) is 2.65. The van der Waals surface area contributed by atoms with Crippen LogP contribution in [-0.2, 0) is 13.1 Å². The number of carbonyl (C=O) groups excluding carboxylic acids is 2. The number of imidazole rings is 1. The lowest BCUT2D eigenvalue weighted by Crippen LogP contribution is -3.00. The third-order valence-electron chi connectivity index (χ3n) is 3.61. The zero-order valence-electron chi connectivity index (χ0n) is 11.4. The van der Waals surface area contributed by atoms with E-state index in [2.05, 4.69) is 0 Å². The van der Waals surface area contributed by atoms with E-state index in [1.165, 1.54) is 0 Å². The van der Waals surface area contributed by atoms with Gasteiger partial charge in [0.2, 0.25) is 29.3 Å². The summed E-state index contributed by atoms with van der Waals surface area (Å²) in [5, 5.41) is 0. The van der Waals surface area contributed by atoms with Crippen molar-refractivity contribution < 1.29 is 38.1 Å². The van der Waals surface area contributed by atoms with Crippen molar-refractivity contribution in [1.82, 2.24) is 4.57 Å². The molecule has 0 atom stereocenters. The standard InChI is InChI=1S/C15H15N2O2.HI/c1-3-16-9-17(4-2)13-12(16)14(18)10-7-5-6-8-11(10)15(13)19;/h5-9H,3-4H2,1-2H3;1H/q+1;/p-1. The third-order valence-corrected chi connectivity index (χ3v) is 3.61. The van der Waals surface area contributed by atoms with Crippen LogP contribution < -0.4 is 28.5 Å². The summed E-state index contributed by atoms with van der Waals surface area (Å²) >= 11 is 0. The highest BCUT2D eigenvalue weighted by atomic mass is 127. The van der Waals surface area contributed by atoms with Gasteiger partial charge in [-0.1, -0.05) is 24.3 Å². The van der Waals surface area contributed by atoms with Crippen molar-refractivity contribution in [3.63, 3.8) is 0 Å². The molecule has 20 heavy (non-hydrogen) atoms. The van der Waals surface area contributed by atoms with Crippen LogP contribution >= 0.6 is 0 Å². The van der Waals surface area contributed by atoms with E-state index < -0.39 is 0 Å². The number of benzene rings is 1. The molecule has 104 valence electrons. The number of aromatic nitrogens is 2. The van der Waals surface area contributed by atoms with Gasteiger partial charge in [-0.2, -0.15) is 0 Å². The SMILES string of the molecule is CCn1c[n+](CC)c2c1C(=O)c1ccccc1C2=O.[I-]. The molecule has 5 heteroatoms. The van der Waals surface area contributed by atoms with Crippen LogP contribution in [0.4, 0.5) is 0 Å². The Morgan fingerprint density at radius 3 is 2.20 bits per heavy atom. The number of nitrogens with zero attached hydrogens (tertiary/aromatic N) is 2. The molecule has 0 saturated carbocycles. The van der Waals surface area contributed by atoms with Crippen LogP contribution in [0.25, 0.3) is 0 Å². The van der Waals surface area contributed by atoms with E-state index in [1.54, 1.807) is 24.3 Å². The molecule has 0 aliphatic heterocycles. The number of fused-ring (bicyclic) bond motifs is 2. The fraction of sp³-hybridized carbons (Fsp3) is 0.267. The minimum Gasteiger partial charge on any atom is -1.00 e. The van der Waals surface area contributed by atoms with Crippen molar-refractivity contribution in [2.24, 2.45) is 0 Å². The van der Waals surface area contributed by atoms with Crippen LogP contribution in [0.2, 0.25) is 0 Å². The monoisotopic (exact) mass is 382 g/mol. The third kappa shape index (κ3) is 1.91. The highest BCUT2D eigenvalue weighted by molar-refractivity contribution is 6.26. The molecule has 3 rings (SSSR count). The molecule has 0 amide bonds. The molecule has 0 spiro atoms. The molecule has 0 N–H and O–H groups in total. The average Bonchev–Trinajstić information content (AvgIpc) is 2.83. The average molecular weight is 382 g/mol. The Labute approximate surface area is 134 Å². The molecule has 2 aromatic rings. The Morgan fingerprint density at radius 2 is 1.65 bits per heavy atom. The zero-order valence-corrected chi connectivity index (χ0v) is 13.5. The quantitative estimate of drug-likeness (QED) is 0.404. The lowest BCUT2D eigenvalue weighted by molar-refractivity contribution is -0.694. The molecular formula is C15H15IN2O2. The Balaban J connectivity index is 0.00000147. The van der Waals surface area contributed by atoms with Gasteiger partial charge in [-0.05, 0) is 13.8 Å². The van der Waals surface area contributed by atoms with E-state index in [1.807, 2.05) is 29.3 Å². The van der Waals surface area contributed by atoms with E-state index >= 15 is 0 Å². The van der Waals surface area contributed by atoms with Gasteiger partial charge in [0.1, 0.15) is 0 Å². The number of carbonyl (C=O) groups is 2. The maximum atomic E-state index is 12.6. The summed E-state index contributed by atoms with van der Waals surface area (Å²) in [6, 6.07) is 7.04. The number of halogens is 1. The predicted molar refractivity (Wildman–Crippen MR) is 69.3 cm³/mol. The molecule has 0 bridgehead atoms. The summed E-state index contributed by atoms with van der Waals surface area (Å²) in [6.07, 6.45) is 1.85. The largest absolute Gasteiger partial charge is 1.00 e. The number of ketones is 2. The van der Waals surface area contributed by atoms with Gasteiger partial charge in [0.25, 0.3) is 0 Å². The van der Waals surface area contributed by atoms with Crippen LogP contribution in [0.5, 0.6) is 0 Å². The first kappa shape index (κ1) is 14.9. The second-order valence-electron chi connectivity index (χ2n) is 4.59. The second kappa shape index (κ2) is 5.47. The highest BCUT2D eigenvalue weighted by Crippen LogP contribution is 2.25. The second-order valence-corrected chi connectivity index (χ2v) is 4.59. The normalized spacial score (nSPS) is 12.7. The Bertz CT molecular complexity index is 646. The molecule has 4 nitrogen and oxygen atoms in total. The van der Waals surface area contributed by atoms with E-state index in [0.717, 1.165) is 0 Å².